The van der Waals surface area contributed by atoms with Crippen molar-refractivity contribution in [3.05, 3.63) is 62.1 Å². The summed E-state index contributed by atoms with van der Waals surface area (Å²) < 4.78 is 53.8. The third-order valence-electron chi connectivity index (χ3n) is 6.01. The zero-order valence-electron chi connectivity index (χ0n) is 21.0. The van der Waals surface area contributed by atoms with Gasteiger partial charge in [0.05, 0.1) is 24.8 Å². The molecule has 4 rings (SSSR count). The molecule has 1 aliphatic rings. The maximum absolute atomic E-state index is 14.0. The Labute approximate surface area is 233 Å². The summed E-state index contributed by atoms with van der Waals surface area (Å²) in [5.74, 6) is -2.29. The highest BCUT2D eigenvalue weighted by Crippen LogP contribution is 2.44. The summed E-state index contributed by atoms with van der Waals surface area (Å²) in [7, 11) is 0. The molecule has 2 aromatic heterocycles. The molecule has 0 aliphatic carbocycles. The van der Waals surface area contributed by atoms with E-state index in [9.17, 15) is 27.6 Å². The zero-order valence-corrected chi connectivity index (χ0v) is 23.4. The fourth-order valence-corrected chi connectivity index (χ4v) is 5.56. The quantitative estimate of drug-likeness (QED) is 0.296. The molecule has 0 radical (unpaired) electrons. The van der Waals surface area contributed by atoms with Gasteiger partial charge in [0, 0.05) is 17.0 Å². The number of esters is 2. The van der Waals surface area contributed by atoms with Gasteiger partial charge in [-0.25, -0.2) is 14.3 Å². The minimum atomic E-state index is -4.62. The maximum atomic E-state index is 14.0. The van der Waals surface area contributed by atoms with E-state index in [-0.39, 0.29) is 52.2 Å². The van der Waals surface area contributed by atoms with Gasteiger partial charge in [-0.2, -0.15) is 18.3 Å². The van der Waals surface area contributed by atoms with Crippen LogP contribution in [0.1, 0.15) is 74.0 Å². The zero-order chi connectivity index (χ0) is 28.5. The number of hydrogen-bond donors (Lipinski definition) is 2. The van der Waals surface area contributed by atoms with Crippen LogP contribution < -0.4 is 10.6 Å². The number of carbonyl (C=O) groups is 3. The predicted octanol–water partition coefficient (Wildman–Crippen LogP) is 6.28. The van der Waals surface area contributed by atoms with Crippen LogP contribution in [0, 0.1) is 6.92 Å². The highest BCUT2D eigenvalue weighted by Gasteiger charge is 2.47. The highest BCUT2D eigenvalue weighted by atomic mass is 79.9. The Bertz CT molecular complexity index is 1400. The van der Waals surface area contributed by atoms with E-state index in [2.05, 4.69) is 31.7 Å². The lowest BCUT2D eigenvalue weighted by molar-refractivity contribution is -0.173. The van der Waals surface area contributed by atoms with Crippen molar-refractivity contribution in [3.8, 4) is 0 Å². The molecule has 1 amide bonds. The lowest BCUT2D eigenvalue weighted by Crippen LogP contribution is -2.35. The van der Waals surface area contributed by atoms with Crippen LogP contribution in [0.5, 0.6) is 0 Å². The molecular weight excluding hydrogens is 605 g/mol. The fourth-order valence-electron chi connectivity index (χ4n) is 4.21. The Morgan fingerprint density at radius 2 is 1.79 bits per heavy atom. The molecule has 0 saturated heterocycles. The Balaban J connectivity index is 1.67. The van der Waals surface area contributed by atoms with Gasteiger partial charge in [0.25, 0.3) is 5.91 Å². The van der Waals surface area contributed by atoms with Crippen LogP contribution in [0.25, 0.3) is 0 Å². The third-order valence-corrected chi connectivity index (χ3v) is 7.73. The summed E-state index contributed by atoms with van der Waals surface area (Å²) in [5, 5.41) is 9.50. The Morgan fingerprint density at radius 1 is 1.15 bits per heavy atom. The summed E-state index contributed by atoms with van der Waals surface area (Å²) in [6, 6.07) is 5.47. The molecule has 1 aliphatic heterocycles. The fraction of sp³-hybridized carbons (Fsp3) is 0.360. The average molecular weight is 629 g/mol. The van der Waals surface area contributed by atoms with Crippen molar-refractivity contribution in [2.75, 3.05) is 23.8 Å². The number of fused-ring (bicyclic) bond motifs is 1. The van der Waals surface area contributed by atoms with Gasteiger partial charge in [0.15, 0.2) is 11.7 Å². The molecule has 208 valence electrons. The Kier molecular flexibility index (Phi) is 8.35. The van der Waals surface area contributed by atoms with Crippen LogP contribution >= 0.6 is 27.3 Å². The molecule has 1 aromatic carbocycles. The number of hydrogen-bond acceptors (Lipinski definition) is 8. The SMILES string of the molecule is CCOC(=O)c1sc(NC(=O)c2cc3n(n2)[C@@H](C(F)(F)F)C[C@@H](c2ccc(Br)cc2)N3)c(C(=O)OCC)c1C. The number of amides is 1. The van der Waals surface area contributed by atoms with E-state index in [1.807, 2.05) is 0 Å². The minimum Gasteiger partial charge on any atom is -0.462 e. The summed E-state index contributed by atoms with van der Waals surface area (Å²) in [4.78, 5) is 38.3. The van der Waals surface area contributed by atoms with Crippen molar-refractivity contribution in [1.82, 2.24) is 9.78 Å². The molecule has 3 aromatic rings. The van der Waals surface area contributed by atoms with Crippen LogP contribution in [0.4, 0.5) is 24.0 Å². The number of thiophene rings is 1. The van der Waals surface area contributed by atoms with Crippen molar-refractivity contribution < 1.29 is 37.0 Å². The van der Waals surface area contributed by atoms with Crippen molar-refractivity contribution in [2.45, 2.75) is 45.5 Å². The highest BCUT2D eigenvalue weighted by molar-refractivity contribution is 9.10. The first-order valence-electron chi connectivity index (χ1n) is 11.9. The number of ether oxygens (including phenoxy) is 2. The predicted molar refractivity (Wildman–Crippen MR) is 141 cm³/mol. The normalized spacial score (nSPS) is 16.7. The van der Waals surface area contributed by atoms with Crippen molar-refractivity contribution in [3.63, 3.8) is 0 Å². The van der Waals surface area contributed by atoms with E-state index in [4.69, 9.17) is 9.47 Å². The number of nitrogens with zero attached hydrogens (tertiary/aromatic N) is 2. The molecule has 2 atom stereocenters. The summed E-state index contributed by atoms with van der Waals surface area (Å²) >= 11 is 4.13. The monoisotopic (exact) mass is 628 g/mol. The number of anilines is 2. The Hall–Kier alpha value is -3.39. The third kappa shape index (κ3) is 5.96. The first kappa shape index (κ1) is 28.6. The van der Waals surface area contributed by atoms with Gasteiger partial charge in [-0.1, -0.05) is 28.1 Å². The van der Waals surface area contributed by atoms with Gasteiger partial charge in [-0.15, -0.1) is 11.3 Å². The summed E-state index contributed by atoms with van der Waals surface area (Å²) in [5.41, 5.74) is 0.559. The molecule has 3 heterocycles. The molecule has 14 heteroatoms. The number of carbonyl (C=O) groups excluding carboxylic acids is 3. The van der Waals surface area contributed by atoms with Gasteiger partial charge >= 0.3 is 18.1 Å². The van der Waals surface area contributed by atoms with Gasteiger partial charge in [0.2, 0.25) is 0 Å². The minimum absolute atomic E-state index is 0.00181. The average Bonchev–Trinajstić information content (AvgIpc) is 3.44. The molecule has 39 heavy (non-hydrogen) atoms. The van der Waals surface area contributed by atoms with E-state index in [0.717, 1.165) is 20.5 Å². The second kappa shape index (κ2) is 11.4. The summed E-state index contributed by atoms with van der Waals surface area (Å²) in [6.45, 7) is 4.89. The number of benzene rings is 1. The first-order chi connectivity index (χ1) is 18.4. The molecule has 0 unspecified atom stereocenters. The number of halogens is 4. The smallest absolute Gasteiger partial charge is 0.410 e. The van der Waals surface area contributed by atoms with Crippen LogP contribution in [-0.2, 0) is 9.47 Å². The topological polar surface area (TPSA) is 112 Å². The van der Waals surface area contributed by atoms with Crippen molar-refractivity contribution in [1.29, 1.82) is 0 Å². The first-order valence-corrected chi connectivity index (χ1v) is 13.5. The van der Waals surface area contributed by atoms with Crippen molar-refractivity contribution in [2.24, 2.45) is 0 Å². The Morgan fingerprint density at radius 3 is 2.41 bits per heavy atom. The number of nitrogens with one attached hydrogen (secondary N) is 2. The van der Waals surface area contributed by atoms with E-state index in [1.54, 1.807) is 38.1 Å². The standard InChI is InChI=1S/C25H24BrF3N4O5S/c1-4-37-23(35)19-12(3)20(24(36)38-5-2)39-22(19)31-21(34)16-11-18-30-15(13-6-8-14(26)9-7-13)10-17(25(27,28)29)33(18)32-16/h6-9,11,15,17,30H,4-5,10H2,1-3H3,(H,31,34)/t15-,17+/m0/s1. The largest absolute Gasteiger partial charge is 0.462 e. The summed E-state index contributed by atoms with van der Waals surface area (Å²) in [6.07, 6.45) is -4.96. The van der Waals surface area contributed by atoms with E-state index in [0.29, 0.717) is 5.56 Å². The molecule has 9 nitrogen and oxygen atoms in total. The van der Waals surface area contributed by atoms with Crippen LogP contribution in [0.15, 0.2) is 34.8 Å². The second-order valence-corrected chi connectivity index (χ2v) is 10.5. The van der Waals surface area contributed by atoms with E-state index < -0.39 is 36.1 Å². The van der Waals surface area contributed by atoms with Crippen molar-refractivity contribution >= 4 is 55.9 Å². The maximum Gasteiger partial charge on any atom is 0.410 e. The van der Waals surface area contributed by atoms with Crippen LogP contribution in [0.3, 0.4) is 0 Å². The van der Waals surface area contributed by atoms with Gasteiger partial charge < -0.3 is 20.1 Å². The molecular formula is C25H24BrF3N4O5S. The van der Waals surface area contributed by atoms with Gasteiger partial charge in [-0.05, 0) is 44.0 Å². The molecule has 0 bridgehead atoms. The molecule has 0 fully saturated rings. The molecule has 0 spiro atoms. The van der Waals surface area contributed by atoms with E-state index in [1.165, 1.54) is 13.0 Å². The van der Waals surface area contributed by atoms with Gasteiger partial charge in [-0.3, -0.25) is 4.79 Å². The second-order valence-electron chi connectivity index (χ2n) is 8.56. The lowest BCUT2D eigenvalue weighted by Gasteiger charge is -2.33. The van der Waals surface area contributed by atoms with E-state index >= 15 is 0 Å². The number of rotatable bonds is 7. The number of alkyl halides is 3. The van der Waals surface area contributed by atoms with Gasteiger partial charge in [0.1, 0.15) is 15.7 Å². The van der Waals surface area contributed by atoms with Crippen LogP contribution in [-0.4, -0.2) is 47.0 Å². The lowest BCUT2D eigenvalue weighted by atomic mass is 9.97. The molecule has 0 saturated carbocycles. The number of aromatic nitrogens is 2. The molecule has 2 N–H and O–H groups in total. The van der Waals surface area contributed by atoms with Crippen LogP contribution in [0.2, 0.25) is 0 Å².